The van der Waals surface area contributed by atoms with Crippen molar-refractivity contribution in [3.05, 3.63) is 60.4 Å². The van der Waals surface area contributed by atoms with Crippen LogP contribution in [0.25, 0.3) is 0 Å². The van der Waals surface area contributed by atoms with E-state index in [0.29, 0.717) is 6.54 Å². The van der Waals surface area contributed by atoms with Crippen molar-refractivity contribution < 1.29 is 0 Å². The van der Waals surface area contributed by atoms with E-state index in [1.54, 1.807) is 0 Å². The largest absolute Gasteiger partial charge is 0.379 e. The minimum absolute atomic E-state index is 0.679. The van der Waals surface area contributed by atoms with E-state index in [4.69, 9.17) is 11.6 Å². The maximum absolute atomic E-state index is 6.12. The van der Waals surface area contributed by atoms with Crippen molar-refractivity contribution in [2.24, 2.45) is 0 Å². The Bertz CT molecular complexity index is 549. The highest BCUT2D eigenvalue weighted by Gasteiger charge is 2.07. The van der Waals surface area contributed by atoms with E-state index < -0.39 is 0 Å². The standard InChI is InChI=1S/C13H9Br3ClN/c14-9-5-10(15)13(11(16)6-9)18-7-8-3-1-2-4-12(8)17/h1-6,18H,7H2. The van der Waals surface area contributed by atoms with Crippen LogP contribution in [0.15, 0.2) is 49.8 Å². The molecule has 0 aromatic heterocycles. The number of rotatable bonds is 3. The van der Waals surface area contributed by atoms with E-state index in [-0.39, 0.29) is 0 Å². The molecule has 0 heterocycles. The Balaban J connectivity index is 2.19. The molecule has 94 valence electrons. The van der Waals surface area contributed by atoms with Gasteiger partial charge in [0.1, 0.15) is 0 Å². The molecule has 0 bridgehead atoms. The Morgan fingerprint density at radius 1 is 1.00 bits per heavy atom. The number of hydrogen-bond acceptors (Lipinski definition) is 1. The summed E-state index contributed by atoms with van der Waals surface area (Å²) in [5.74, 6) is 0. The predicted octanol–water partition coefficient (Wildman–Crippen LogP) is 6.24. The molecule has 0 unspecified atom stereocenters. The molecule has 0 aliphatic heterocycles. The van der Waals surface area contributed by atoms with Gasteiger partial charge in [-0.25, -0.2) is 0 Å². The minimum atomic E-state index is 0.679. The van der Waals surface area contributed by atoms with E-state index in [0.717, 1.165) is 29.7 Å². The normalized spacial score (nSPS) is 10.4. The van der Waals surface area contributed by atoms with Crippen molar-refractivity contribution in [2.75, 3.05) is 5.32 Å². The second-order valence-corrected chi connectivity index (χ2v) is 6.72. The van der Waals surface area contributed by atoms with Crippen molar-refractivity contribution >= 4 is 65.1 Å². The molecular formula is C13H9Br3ClN. The van der Waals surface area contributed by atoms with Crippen LogP contribution in [0.2, 0.25) is 5.02 Å². The fraction of sp³-hybridized carbons (Fsp3) is 0.0769. The van der Waals surface area contributed by atoms with Crippen LogP contribution in [0.3, 0.4) is 0 Å². The average Bonchev–Trinajstić information content (AvgIpc) is 2.30. The fourth-order valence-corrected chi connectivity index (χ4v) is 4.28. The highest BCUT2D eigenvalue weighted by atomic mass is 79.9. The van der Waals surface area contributed by atoms with Crippen LogP contribution < -0.4 is 5.32 Å². The predicted molar refractivity (Wildman–Crippen MR) is 88.3 cm³/mol. The van der Waals surface area contributed by atoms with E-state index >= 15 is 0 Å². The van der Waals surface area contributed by atoms with E-state index in [2.05, 4.69) is 53.1 Å². The quantitative estimate of drug-likeness (QED) is 0.579. The van der Waals surface area contributed by atoms with Crippen molar-refractivity contribution in [1.29, 1.82) is 0 Å². The highest BCUT2D eigenvalue weighted by Crippen LogP contribution is 2.34. The summed E-state index contributed by atoms with van der Waals surface area (Å²) in [6, 6.07) is 11.8. The Morgan fingerprint density at radius 2 is 1.61 bits per heavy atom. The van der Waals surface area contributed by atoms with E-state index in [9.17, 15) is 0 Å². The molecule has 0 radical (unpaired) electrons. The van der Waals surface area contributed by atoms with Crippen LogP contribution in [-0.2, 0) is 6.54 Å². The molecule has 2 aromatic rings. The summed E-state index contributed by atoms with van der Waals surface area (Å²) in [4.78, 5) is 0. The highest BCUT2D eigenvalue weighted by molar-refractivity contribution is 9.11. The van der Waals surface area contributed by atoms with Gasteiger partial charge < -0.3 is 5.32 Å². The van der Waals surface area contributed by atoms with Crippen LogP contribution in [0.1, 0.15) is 5.56 Å². The van der Waals surface area contributed by atoms with Crippen LogP contribution in [0, 0.1) is 0 Å². The summed E-state index contributed by atoms with van der Waals surface area (Å²) in [6.07, 6.45) is 0. The third kappa shape index (κ3) is 3.50. The lowest BCUT2D eigenvalue weighted by Crippen LogP contribution is -2.01. The van der Waals surface area contributed by atoms with Gasteiger partial charge in [0.15, 0.2) is 0 Å². The van der Waals surface area contributed by atoms with Gasteiger partial charge in [-0.3, -0.25) is 0 Å². The SMILES string of the molecule is Clc1ccccc1CNc1c(Br)cc(Br)cc1Br. The molecule has 5 heteroatoms. The summed E-state index contributed by atoms with van der Waals surface area (Å²) < 4.78 is 3.01. The summed E-state index contributed by atoms with van der Waals surface area (Å²) in [5.41, 5.74) is 2.08. The van der Waals surface area contributed by atoms with Gasteiger partial charge in [0.05, 0.1) is 5.69 Å². The first-order chi connectivity index (χ1) is 8.58. The zero-order valence-corrected chi connectivity index (χ0v) is 14.7. The molecule has 0 aliphatic carbocycles. The Kier molecular flexibility index (Phi) is 5.13. The zero-order valence-electron chi connectivity index (χ0n) is 9.18. The Hall–Kier alpha value is -0.0300. The number of nitrogens with one attached hydrogen (secondary N) is 1. The smallest absolute Gasteiger partial charge is 0.0632 e. The maximum atomic E-state index is 6.12. The van der Waals surface area contributed by atoms with Gasteiger partial charge in [-0.1, -0.05) is 45.7 Å². The lowest BCUT2D eigenvalue weighted by Gasteiger charge is -2.12. The first kappa shape index (κ1) is 14.4. The van der Waals surface area contributed by atoms with Gasteiger partial charge in [0.25, 0.3) is 0 Å². The van der Waals surface area contributed by atoms with Gasteiger partial charge in [0.2, 0.25) is 0 Å². The Labute approximate surface area is 136 Å². The van der Waals surface area contributed by atoms with Crippen molar-refractivity contribution in [3.63, 3.8) is 0 Å². The van der Waals surface area contributed by atoms with E-state index in [1.165, 1.54) is 0 Å². The third-order valence-electron chi connectivity index (χ3n) is 2.42. The van der Waals surface area contributed by atoms with Gasteiger partial charge in [-0.2, -0.15) is 0 Å². The fourth-order valence-electron chi connectivity index (χ4n) is 1.54. The number of halogens is 4. The van der Waals surface area contributed by atoms with Crippen LogP contribution in [-0.4, -0.2) is 0 Å². The molecular weight excluding hydrogens is 445 g/mol. The summed E-state index contributed by atoms with van der Waals surface area (Å²) >= 11 is 16.6. The topological polar surface area (TPSA) is 12.0 Å². The molecule has 0 aliphatic rings. The maximum Gasteiger partial charge on any atom is 0.0632 e. The molecule has 0 spiro atoms. The summed E-state index contributed by atoms with van der Waals surface area (Å²) in [5, 5.41) is 4.14. The molecule has 18 heavy (non-hydrogen) atoms. The van der Waals surface area contributed by atoms with Crippen molar-refractivity contribution in [3.8, 4) is 0 Å². The molecule has 2 aromatic carbocycles. The van der Waals surface area contributed by atoms with Crippen molar-refractivity contribution in [1.82, 2.24) is 0 Å². The summed E-state index contributed by atoms with van der Waals surface area (Å²) in [6.45, 7) is 0.679. The van der Waals surface area contributed by atoms with Gasteiger partial charge in [-0.05, 0) is 55.6 Å². The second kappa shape index (κ2) is 6.42. The molecule has 0 amide bonds. The van der Waals surface area contributed by atoms with Gasteiger partial charge >= 0.3 is 0 Å². The molecule has 0 saturated heterocycles. The molecule has 0 saturated carbocycles. The number of anilines is 1. The Morgan fingerprint density at radius 3 is 2.22 bits per heavy atom. The first-order valence-corrected chi connectivity index (χ1v) is 7.95. The third-order valence-corrected chi connectivity index (χ3v) is 4.50. The molecule has 0 atom stereocenters. The van der Waals surface area contributed by atoms with Crippen molar-refractivity contribution in [2.45, 2.75) is 6.54 Å². The monoisotopic (exact) mass is 451 g/mol. The first-order valence-electron chi connectivity index (χ1n) is 5.20. The minimum Gasteiger partial charge on any atom is -0.379 e. The van der Waals surface area contributed by atoms with Crippen LogP contribution in [0.4, 0.5) is 5.69 Å². The lowest BCUT2D eigenvalue weighted by atomic mass is 10.2. The van der Waals surface area contributed by atoms with Gasteiger partial charge in [0, 0.05) is 25.0 Å². The van der Waals surface area contributed by atoms with E-state index in [1.807, 2.05) is 36.4 Å². The number of hydrogen-bond donors (Lipinski definition) is 1. The van der Waals surface area contributed by atoms with Gasteiger partial charge in [-0.15, -0.1) is 0 Å². The molecule has 0 fully saturated rings. The van der Waals surface area contributed by atoms with Crippen LogP contribution >= 0.6 is 59.4 Å². The lowest BCUT2D eigenvalue weighted by molar-refractivity contribution is 1.14. The molecule has 1 N–H and O–H groups in total. The summed E-state index contributed by atoms with van der Waals surface area (Å²) in [7, 11) is 0. The molecule has 2 rings (SSSR count). The zero-order chi connectivity index (χ0) is 13.1. The number of benzene rings is 2. The second-order valence-electron chi connectivity index (χ2n) is 3.69. The average molecular weight is 454 g/mol. The molecule has 1 nitrogen and oxygen atoms in total. The van der Waals surface area contributed by atoms with Crippen LogP contribution in [0.5, 0.6) is 0 Å².